The zero-order valence-electron chi connectivity index (χ0n) is 15.4. The van der Waals surface area contributed by atoms with Gasteiger partial charge in [0.2, 0.25) is 0 Å². The van der Waals surface area contributed by atoms with Crippen molar-refractivity contribution in [3.8, 4) is 5.75 Å². The highest BCUT2D eigenvalue weighted by Crippen LogP contribution is 2.22. The third-order valence-corrected chi connectivity index (χ3v) is 5.21. The summed E-state index contributed by atoms with van der Waals surface area (Å²) in [5.41, 5.74) is 1.31. The number of aromatic hydroxyl groups is 1. The molecule has 1 saturated heterocycles. The molecule has 1 aliphatic rings. The molecular weight excluding hydrogens is 424 g/mol. The van der Waals surface area contributed by atoms with Crippen LogP contribution in [0.1, 0.15) is 28.8 Å². The second-order valence-electron chi connectivity index (χ2n) is 6.84. The van der Waals surface area contributed by atoms with Gasteiger partial charge in [0.1, 0.15) is 11.3 Å². The fourth-order valence-electron chi connectivity index (χ4n) is 3.23. The van der Waals surface area contributed by atoms with Gasteiger partial charge in [0.25, 0.3) is 5.91 Å². The number of halogens is 1. The van der Waals surface area contributed by atoms with Crippen LogP contribution in [0.4, 0.5) is 0 Å². The average Bonchev–Trinajstić information content (AvgIpc) is 2.70. The van der Waals surface area contributed by atoms with Gasteiger partial charge in [0.15, 0.2) is 6.61 Å². The topological polar surface area (TPSA) is 78.9 Å². The quantitative estimate of drug-likeness (QED) is 0.666. The van der Waals surface area contributed by atoms with Crippen molar-refractivity contribution in [1.82, 2.24) is 10.2 Å². The van der Waals surface area contributed by atoms with E-state index in [9.17, 15) is 14.7 Å². The van der Waals surface area contributed by atoms with Crippen molar-refractivity contribution >= 4 is 27.8 Å². The van der Waals surface area contributed by atoms with Crippen molar-refractivity contribution in [3.63, 3.8) is 0 Å². The lowest BCUT2D eigenvalue weighted by molar-refractivity contribution is -0.125. The van der Waals surface area contributed by atoms with Crippen LogP contribution in [0.2, 0.25) is 0 Å². The number of carbonyl (C=O) groups is 2. The van der Waals surface area contributed by atoms with Crippen LogP contribution in [0.25, 0.3) is 0 Å². The fraction of sp³-hybridized carbons (Fsp3) is 0.333. The number of piperidine rings is 1. The molecule has 28 heavy (non-hydrogen) atoms. The van der Waals surface area contributed by atoms with Crippen LogP contribution in [0.5, 0.6) is 5.75 Å². The Morgan fingerprint density at radius 3 is 2.57 bits per heavy atom. The molecular formula is C21H23BrN2O4. The molecule has 1 amide bonds. The maximum Gasteiger partial charge on any atom is 0.342 e. The molecule has 1 fully saturated rings. The number of benzene rings is 2. The van der Waals surface area contributed by atoms with Crippen LogP contribution in [0, 0.1) is 0 Å². The average molecular weight is 447 g/mol. The van der Waals surface area contributed by atoms with E-state index in [2.05, 4.69) is 38.3 Å². The summed E-state index contributed by atoms with van der Waals surface area (Å²) < 4.78 is 5.67. The SMILES string of the molecule is O=C(COC(=O)c1cc(Br)ccc1O)NC1CCN(Cc2ccccc2)CC1. The van der Waals surface area contributed by atoms with E-state index >= 15 is 0 Å². The van der Waals surface area contributed by atoms with Crippen molar-refractivity contribution in [3.05, 3.63) is 64.1 Å². The Bertz CT molecular complexity index is 820. The highest BCUT2D eigenvalue weighted by molar-refractivity contribution is 9.10. The number of phenols is 1. The maximum absolute atomic E-state index is 12.1. The number of nitrogens with one attached hydrogen (secondary N) is 1. The number of phenolic OH excluding ortho intramolecular Hbond substituents is 1. The van der Waals surface area contributed by atoms with Gasteiger partial charge in [-0.2, -0.15) is 0 Å². The summed E-state index contributed by atoms with van der Waals surface area (Å²) in [5.74, 6) is -1.24. The molecule has 0 spiro atoms. The molecule has 0 unspecified atom stereocenters. The lowest BCUT2D eigenvalue weighted by Gasteiger charge is -2.32. The lowest BCUT2D eigenvalue weighted by atomic mass is 10.0. The number of ether oxygens (including phenoxy) is 1. The van der Waals surface area contributed by atoms with E-state index < -0.39 is 5.97 Å². The third-order valence-electron chi connectivity index (χ3n) is 4.71. The van der Waals surface area contributed by atoms with Gasteiger partial charge in [-0.25, -0.2) is 4.79 Å². The van der Waals surface area contributed by atoms with Gasteiger partial charge < -0.3 is 15.2 Å². The minimum absolute atomic E-state index is 0.0244. The van der Waals surface area contributed by atoms with Crippen LogP contribution < -0.4 is 5.32 Å². The summed E-state index contributed by atoms with van der Waals surface area (Å²) in [6.07, 6.45) is 1.72. The minimum Gasteiger partial charge on any atom is -0.507 e. The molecule has 7 heteroatoms. The number of hydrogen-bond acceptors (Lipinski definition) is 5. The van der Waals surface area contributed by atoms with E-state index in [0.29, 0.717) is 4.47 Å². The first-order chi connectivity index (χ1) is 13.5. The molecule has 2 N–H and O–H groups in total. The van der Waals surface area contributed by atoms with E-state index in [0.717, 1.165) is 32.5 Å². The molecule has 0 radical (unpaired) electrons. The van der Waals surface area contributed by atoms with Crippen LogP contribution in [0.15, 0.2) is 53.0 Å². The predicted molar refractivity (Wildman–Crippen MR) is 109 cm³/mol. The molecule has 0 aliphatic carbocycles. The standard InChI is InChI=1S/C21H23BrN2O4/c22-16-6-7-19(25)18(12-16)21(27)28-14-20(26)23-17-8-10-24(11-9-17)13-15-4-2-1-3-5-15/h1-7,12,17,25H,8-11,13-14H2,(H,23,26). The third kappa shape index (κ3) is 5.81. The van der Waals surface area contributed by atoms with Crippen LogP contribution in [-0.2, 0) is 16.1 Å². The highest BCUT2D eigenvalue weighted by atomic mass is 79.9. The van der Waals surface area contributed by atoms with Gasteiger partial charge in [-0.15, -0.1) is 0 Å². The summed E-state index contributed by atoms with van der Waals surface area (Å²) in [6, 6.07) is 14.9. The molecule has 1 heterocycles. The van der Waals surface area contributed by atoms with E-state index in [-0.39, 0.29) is 29.9 Å². The summed E-state index contributed by atoms with van der Waals surface area (Å²) >= 11 is 3.23. The minimum atomic E-state index is -0.730. The van der Waals surface area contributed by atoms with Crippen LogP contribution >= 0.6 is 15.9 Å². The lowest BCUT2D eigenvalue weighted by Crippen LogP contribution is -2.45. The van der Waals surface area contributed by atoms with Crippen LogP contribution in [0.3, 0.4) is 0 Å². The van der Waals surface area contributed by atoms with E-state index in [1.807, 2.05) is 18.2 Å². The predicted octanol–water partition coefficient (Wildman–Crippen LogP) is 3.09. The Morgan fingerprint density at radius 1 is 1.14 bits per heavy atom. The Kier molecular flexibility index (Phi) is 7.06. The Labute approximate surface area is 172 Å². The molecule has 148 valence electrons. The molecule has 0 aromatic heterocycles. The first-order valence-electron chi connectivity index (χ1n) is 9.22. The zero-order valence-corrected chi connectivity index (χ0v) is 17.0. The number of nitrogens with zero attached hydrogens (tertiary/aromatic N) is 1. The Hall–Kier alpha value is -2.38. The smallest absolute Gasteiger partial charge is 0.342 e. The van der Waals surface area contributed by atoms with E-state index in [4.69, 9.17) is 4.74 Å². The molecule has 0 saturated carbocycles. The molecule has 2 aromatic rings. The zero-order chi connectivity index (χ0) is 19.9. The van der Waals surface area contributed by atoms with Crippen molar-refractivity contribution in [2.75, 3.05) is 19.7 Å². The van der Waals surface area contributed by atoms with E-state index in [1.54, 1.807) is 6.07 Å². The summed E-state index contributed by atoms with van der Waals surface area (Å²) in [4.78, 5) is 26.5. The van der Waals surface area contributed by atoms with Gasteiger partial charge in [0, 0.05) is 30.1 Å². The summed E-state index contributed by atoms with van der Waals surface area (Å²) in [5, 5.41) is 12.7. The van der Waals surface area contributed by atoms with Crippen molar-refractivity contribution < 1.29 is 19.4 Å². The number of hydrogen-bond donors (Lipinski definition) is 2. The summed E-state index contributed by atoms with van der Waals surface area (Å²) in [7, 11) is 0. The van der Waals surface area contributed by atoms with Crippen molar-refractivity contribution in [2.24, 2.45) is 0 Å². The van der Waals surface area contributed by atoms with Crippen LogP contribution in [-0.4, -0.2) is 47.6 Å². The van der Waals surface area contributed by atoms with Crippen molar-refractivity contribution in [1.29, 1.82) is 0 Å². The normalized spacial score (nSPS) is 15.2. The maximum atomic E-state index is 12.1. The van der Waals surface area contributed by atoms with Gasteiger partial charge in [0.05, 0.1) is 0 Å². The Balaban J connectivity index is 1.40. The van der Waals surface area contributed by atoms with E-state index in [1.165, 1.54) is 17.7 Å². The first kappa shape index (κ1) is 20.4. The van der Waals surface area contributed by atoms with Gasteiger partial charge in [-0.3, -0.25) is 9.69 Å². The molecule has 6 nitrogen and oxygen atoms in total. The summed E-state index contributed by atoms with van der Waals surface area (Å²) in [6.45, 7) is 2.36. The molecule has 2 aromatic carbocycles. The number of likely N-dealkylation sites (tertiary alicyclic amines) is 1. The first-order valence-corrected chi connectivity index (χ1v) is 10.0. The van der Waals surface area contributed by atoms with Gasteiger partial charge in [-0.05, 0) is 36.6 Å². The fourth-order valence-corrected chi connectivity index (χ4v) is 3.59. The van der Waals surface area contributed by atoms with Gasteiger partial charge >= 0.3 is 5.97 Å². The van der Waals surface area contributed by atoms with Gasteiger partial charge in [-0.1, -0.05) is 46.3 Å². The number of rotatable bonds is 6. The molecule has 3 rings (SSSR count). The molecule has 0 bridgehead atoms. The second kappa shape index (κ2) is 9.71. The largest absolute Gasteiger partial charge is 0.507 e. The monoisotopic (exact) mass is 446 g/mol. The number of amides is 1. The molecule has 1 aliphatic heterocycles. The van der Waals surface area contributed by atoms with Crippen molar-refractivity contribution in [2.45, 2.75) is 25.4 Å². The number of carbonyl (C=O) groups excluding carboxylic acids is 2. The molecule has 0 atom stereocenters. The number of esters is 1. The second-order valence-corrected chi connectivity index (χ2v) is 7.76. The Morgan fingerprint density at radius 2 is 1.86 bits per heavy atom. The highest BCUT2D eigenvalue weighted by Gasteiger charge is 2.21.